The molecule has 2 aromatic carbocycles. The summed E-state index contributed by atoms with van der Waals surface area (Å²) in [6.07, 6.45) is 1.88. The van der Waals surface area contributed by atoms with Gasteiger partial charge >= 0.3 is 5.97 Å². The second-order valence-corrected chi connectivity index (χ2v) is 8.70. The molecule has 3 rings (SSSR count). The highest BCUT2D eigenvalue weighted by atomic mass is 35.5. The van der Waals surface area contributed by atoms with Gasteiger partial charge in [-0.1, -0.05) is 18.5 Å². The molecule has 0 saturated carbocycles. The zero-order valence-electron chi connectivity index (χ0n) is 18.5. The average Bonchev–Trinajstić information content (AvgIpc) is 2.78. The molecule has 0 atom stereocenters. The van der Waals surface area contributed by atoms with Crippen molar-refractivity contribution in [3.05, 3.63) is 56.6 Å². The molecular weight excluding hydrogens is 484 g/mol. The number of nitrogens with one attached hydrogen (secondary N) is 2. The van der Waals surface area contributed by atoms with E-state index in [0.29, 0.717) is 24.7 Å². The number of piperidine rings is 1. The van der Waals surface area contributed by atoms with Crippen LogP contribution >= 0.6 is 23.8 Å². The van der Waals surface area contributed by atoms with Gasteiger partial charge in [-0.3, -0.25) is 20.2 Å². The summed E-state index contributed by atoms with van der Waals surface area (Å²) in [5, 5.41) is 25.9. The van der Waals surface area contributed by atoms with E-state index < -0.39 is 16.8 Å². The summed E-state index contributed by atoms with van der Waals surface area (Å²) in [5.41, 5.74) is 0.385. The van der Waals surface area contributed by atoms with E-state index in [1.54, 1.807) is 6.07 Å². The molecule has 1 fully saturated rings. The van der Waals surface area contributed by atoms with E-state index in [-0.39, 0.29) is 38.4 Å². The number of amides is 1. The smallest absolute Gasteiger partial charge is 0.335 e. The molecular formula is C22H23ClN4O6S. The van der Waals surface area contributed by atoms with Gasteiger partial charge in [-0.15, -0.1) is 0 Å². The Morgan fingerprint density at radius 3 is 2.50 bits per heavy atom. The van der Waals surface area contributed by atoms with Crippen LogP contribution in [0.1, 0.15) is 40.5 Å². The number of ether oxygens (including phenoxy) is 1. The first-order chi connectivity index (χ1) is 16.1. The highest BCUT2D eigenvalue weighted by Crippen LogP contribution is 2.35. The molecule has 34 heavy (non-hydrogen) atoms. The van der Waals surface area contributed by atoms with E-state index >= 15 is 0 Å². The van der Waals surface area contributed by atoms with Crippen LogP contribution in [0.4, 0.5) is 17.1 Å². The van der Waals surface area contributed by atoms with Crippen molar-refractivity contribution in [3.8, 4) is 5.75 Å². The lowest BCUT2D eigenvalue weighted by molar-refractivity contribution is -0.384. The topological polar surface area (TPSA) is 134 Å². The number of thiocarbonyl (C=S) groups is 1. The highest BCUT2D eigenvalue weighted by molar-refractivity contribution is 7.80. The highest BCUT2D eigenvalue weighted by Gasteiger charge is 2.25. The van der Waals surface area contributed by atoms with Gasteiger partial charge < -0.3 is 20.1 Å². The summed E-state index contributed by atoms with van der Waals surface area (Å²) >= 11 is 11.2. The van der Waals surface area contributed by atoms with Crippen molar-refractivity contribution >= 4 is 57.9 Å². The molecule has 180 valence electrons. The average molecular weight is 507 g/mol. The number of hydrogen-bond acceptors (Lipinski definition) is 7. The Balaban J connectivity index is 1.78. The van der Waals surface area contributed by atoms with Crippen LogP contribution in [0.2, 0.25) is 5.02 Å². The number of aromatic carboxylic acids is 1. The summed E-state index contributed by atoms with van der Waals surface area (Å²) in [7, 11) is 1.35. The second-order valence-electron chi connectivity index (χ2n) is 7.88. The van der Waals surface area contributed by atoms with Crippen molar-refractivity contribution in [1.29, 1.82) is 0 Å². The predicted molar refractivity (Wildman–Crippen MR) is 132 cm³/mol. The van der Waals surface area contributed by atoms with E-state index in [1.165, 1.54) is 31.4 Å². The van der Waals surface area contributed by atoms with Crippen LogP contribution in [0.15, 0.2) is 30.3 Å². The molecule has 2 aromatic rings. The molecule has 12 heteroatoms. The minimum Gasteiger partial charge on any atom is -0.493 e. The molecule has 0 spiro atoms. The van der Waals surface area contributed by atoms with E-state index in [2.05, 4.69) is 17.6 Å². The molecule has 0 aromatic heterocycles. The molecule has 3 N–H and O–H groups in total. The Morgan fingerprint density at radius 2 is 1.91 bits per heavy atom. The fourth-order valence-electron chi connectivity index (χ4n) is 3.67. The minimum atomic E-state index is -1.21. The van der Waals surface area contributed by atoms with E-state index in [0.717, 1.165) is 12.8 Å². The first kappa shape index (κ1) is 25.2. The fraction of sp³-hybridized carbons (Fsp3) is 0.318. The summed E-state index contributed by atoms with van der Waals surface area (Å²) in [5.74, 6) is -1.17. The molecule has 1 aliphatic heterocycles. The van der Waals surface area contributed by atoms with E-state index in [4.69, 9.17) is 28.6 Å². The van der Waals surface area contributed by atoms with Crippen molar-refractivity contribution in [2.75, 3.05) is 30.4 Å². The number of nitro groups is 1. The molecule has 0 aliphatic carbocycles. The quantitative estimate of drug-likeness (QED) is 0.297. The number of methoxy groups -OCH3 is 1. The van der Waals surface area contributed by atoms with Crippen LogP contribution in [0, 0.1) is 16.0 Å². The van der Waals surface area contributed by atoms with Crippen molar-refractivity contribution in [2.24, 2.45) is 5.92 Å². The van der Waals surface area contributed by atoms with Gasteiger partial charge in [-0.05, 0) is 55.2 Å². The molecule has 1 aliphatic rings. The Kier molecular flexibility index (Phi) is 7.90. The van der Waals surface area contributed by atoms with Crippen molar-refractivity contribution in [3.63, 3.8) is 0 Å². The van der Waals surface area contributed by atoms with Crippen LogP contribution in [-0.2, 0) is 0 Å². The van der Waals surface area contributed by atoms with Gasteiger partial charge in [0.05, 0.1) is 28.3 Å². The molecule has 1 saturated heterocycles. The number of benzene rings is 2. The minimum absolute atomic E-state index is 0.0392. The van der Waals surface area contributed by atoms with Gasteiger partial charge in [0.2, 0.25) is 0 Å². The van der Waals surface area contributed by atoms with Crippen LogP contribution in [0.5, 0.6) is 5.75 Å². The number of carbonyl (C=O) groups excluding carboxylic acids is 1. The number of hydrogen-bond donors (Lipinski definition) is 3. The fourth-order valence-corrected chi connectivity index (χ4v) is 4.17. The maximum atomic E-state index is 12.7. The molecule has 1 heterocycles. The van der Waals surface area contributed by atoms with Gasteiger partial charge in [-0.2, -0.15) is 0 Å². The molecule has 0 unspecified atom stereocenters. The van der Waals surface area contributed by atoms with Gasteiger partial charge in [0.1, 0.15) is 5.69 Å². The third-order valence-corrected chi connectivity index (χ3v) is 6.01. The Hall–Kier alpha value is -3.44. The van der Waals surface area contributed by atoms with Crippen molar-refractivity contribution < 1.29 is 24.4 Å². The summed E-state index contributed by atoms with van der Waals surface area (Å²) in [6.45, 7) is 3.57. The maximum Gasteiger partial charge on any atom is 0.335 e. The largest absolute Gasteiger partial charge is 0.493 e. The van der Waals surface area contributed by atoms with Crippen molar-refractivity contribution in [2.45, 2.75) is 19.8 Å². The van der Waals surface area contributed by atoms with Crippen LogP contribution < -0.4 is 20.3 Å². The second kappa shape index (κ2) is 10.7. The number of nitrogens with zero attached hydrogens (tertiary/aromatic N) is 2. The number of rotatable bonds is 6. The molecule has 0 bridgehead atoms. The number of nitro benzene ring substituents is 1. The van der Waals surface area contributed by atoms with Gasteiger partial charge in [0, 0.05) is 24.7 Å². The Morgan fingerprint density at radius 1 is 1.24 bits per heavy atom. The first-order valence-corrected chi connectivity index (χ1v) is 11.2. The normalized spacial score (nSPS) is 13.8. The van der Waals surface area contributed by atoms with Gasteiger partial charge in [0.15, 0.2) is 10.9 Å². The zero-order valence-corrected chi connectivity index (χ0v) is 20.0. The predicted octanol–water partition coefficient (Wildman–Crippen LogP) is 4.32. The van der Waals surface area contributed by atoms with Crippen molar-refractivity contribution in [1.82, 2.24) is 5.32 Å². The number of anilines is 2. The molecule has 1 amide bonds. The lowest BCUT2D eigenvalue weighted by atomic mass is 9.98. The number of carbonyl (C=O) groups is 2. The SMILES string of the molecule is COc1c(Cl)cc(C(=O)O)cc1NC(=S)NC(=O)c1ccc(N2CCC(C)CC2)c([N+](=O)[O-])c1. The lowest BCUT2D eigenvalue weighted by Crippen LogP contribution is -2.35. The van der Waals surface area contributed by atoms with E-state index in [9.17, 15) is 24.8 Å². The lowest BCUT2D eigenvalue weighted by Gasteiger charge is -2.31. The van der Waals surface area contributed by atoms with E-state index in [1.807, 2.05) is 4.90 Å². The zero-order chi connectivity index (χ0) is 25.0. The third kappa shape index (κ3) is 5.72. The maximum absolute atomic E-state index is 12.7. The summed E-state index contributed by atoms with van der Waals surface area (Å²) in [6, 6.07) is 6.76. The number of halogens is 1. The molecule has 10 nitrogen and oxygen atoms in total. The summed E-state index contributed by atoms with van der Waals surface area (Å²) in [4.78, 5) is 37.2. The van der Waals surface area contributed by atoms with Gasteiger partial charge in [0.25, 0.3) is 11.6 Å². The van der Waals surface area contributed by atoms with Crippen LogP contribution in [0.3, 0.4) is 0 Å². The first-order valence-electron chi connectivity index (χ1n) is 10.4. The Labute approximate surface area is 206 Å². The van der Waals surface area contributed by atoms with Gasteiger partial charge in [-0.25, -0.2) is 4.79 Å². The van der Waals surface area contributed by atoms with Crippen LogP contribution in [-0.4, -0.2) is 47.2 Å². The number of carboxylic acids is 1. The molecule has 0 radical (unpaired) electrons. The third-order valence-electron chi connectivity index (χ3n) is 5.53. The van der Waals surface area contributed by atoms with Crippen LogP contribution in [0.25, 0.3) is 0 Å². The summed E-state index contributed by atoms with van der Waals surface area (Å²) < 4.78 is 5.18. The monoisotopic (exact) mass is 506 g/mol. The number of carboxylic acid groups (broad SMARTS) is 1. The standard InChI is InChI=1S/C22H23ClN4O6S/c1-12-5-7-26(8-6-12)17-4-3-13(11-18(17)27(31)32)20(28)25-22(34)24-16-10-14(21(29)30)9-15(23)19(16)33-2/h3-4,9-12H,5-8H2,1-2H3,(H,29,30)(H2,24,25,28,34). The Bertz CT molecular complexity index is 1150.